The topological polar surface area (TPSA) is 91.4 Å². The first kappa shape index (κ1) is 25.8. The molecule has 0 saturated carbocycles. The molecule has 190 valence electrons. The molecule has 3 aromatic rings. The van der Waals surface area contributed by atoms with Gasteiger partial charge in [-0.25, -0.2) is 9.18 Å². The number of hydrogen-bond acceptors (Lipinski definition) is 8. The van der Waals surface area contributed by atoms with Gasteiger partial charge in [-0.3, -0.25) is 14.5 Å². The van der Waals surface area contributed by atoms with Crippen molar-refractivity contribution in [2.45, 2.75) is 0 Å². The molecule has 3 aromatic carbocycles. The van der Waals surface area contributed by atoms with E-state index in [0.717, 1.165) is 22.7 Å². The molecular formula is C27H22FNO7S. The number of imide groups is 1. The van der Waals surface area contributed by atoms with E-state index in [1.54, 1.807) is 30.3 Å². The van der Waals surface area contributed by atoms with E-state index in [4.69, 9.17) is 18.9 Å². The van der Waals surface area contributed by atoms with Crippen molar-refractivity contribution in [1.29, 1.82) is 0 Å². The number of para-hydroxylation sites is 2. The van der Waals surface area contributed by atoms with E-state index in [1.807, 2.05) is 6.07 Å². The van der Waals surface area contributed by atoms with Crippen LogP contribution in [0.1, 0.15) is 15.9 Å². The van der Waals surface area contributed by atoms with Gasteiger partial charge in [0.1, 0.15) is 12.4 Å². The fourth-order valence-electron chi connectivity index (χ4n) is 3.47. The molecule has 0 aromatic heterocycles. The molecule has 1 fully saturated rings. The van der Waals surface area contributed by atoms with Crippen LogP contribution in [0, 0.1) is 5.82 Å². The van der Waals surface area contributed by atoms with E-state index in [9.17, 15) is 18.8 Å². The van der Waals surface area contributed by atoms with Crippen LogP contribution in [-0.2, 0) is 4.79 Å². The molecule has 0 unspecified atom stereocenters. The van der Waals surface area contributed by atoms with Gasteiger partial charge in [-0.15, -0.1) is 0 Å². The average Bonchev–Trinajstić information content (AvgIpc) is 3.17. The SMILES string of the molecule is COc1ccccc1OCCN1C(=O)S/C(=C\c2ccc(OC(=O)c3ccccc3F)c(OC)c2)C1=O. The Morgan fingerprint density at radius 3 is 2.35 bits per heavy atom. The third-order valence-electron chi connectivity index (χ3n) is 5.30. The third-order valence-corrected chi connectivity index (χ3v) is 6.20. The summed E-state index contributed by atoms with van der Waals surface area (Å²) in [5.74, 6) is -0.693. The summed E-state index contributed by atoms with van der Waals surface area (Å²) in [5, 5.41) is -0.415. The molecule has 4 rings (SSSR count). The highest BCUT2D eigenvalue weighted by atomic mass is 32.2. The molecule has 0 atom stereocenters. The van der Waals surface area contributed by atoms with Crippen molar-refractivity contribution in [2.75, 3.05) is 27.4 Å². The molecular weight excluding hydrogens is 501 g/mol. The zero-order valence-electron chi connectivity index (χ0n) is 19.9. The number of hydrogen-bond donors (Lipinski definition) is 0. The Labute approximate surface area is 216 Å². The van der Waals surface area contributed by atoms with Crippen molar-refractivity contribution < 1.29 is 37.7 Å². The molecule has 0 N–H and O–H groups in total. The predicted octanol–water partition coefficient (Wildman–Crippen LogP) is 5.18. The number of esters is 1. The molecule has 8 nitrogen and oxygen atoms in total. The van der Waals surface area contributed by atoms with E-state index in [0.29, 0.717) is 17.1 Å². The fourth-order valence-corrected chi connectivity index (χ4v) is 4.33. The number of amides is 2. The quantitative estimate of drug-likeness (QED) is 0.215. The minimum atomic E-state index is -0.874. The molecule has 1 aliphatic rings. The highest BCUT2D eigenvalue weighted by molar-refractivity contribution is 8.18. The Hall–Kier alpha value is -4.31. The number of rotatable bonds is 9. The number of carbonyl (C=O) groups is 3. The van der Waals surface area contributed by atoms with Crippen molar-refractivity contribution in [3.63, 3.8) is 0 Å². The molecule has 37 heavy (non-hydrogen) atoms. The number of methoxy groups -OCH3 is 2. The number of thioether (sulfide) groups is 1. The molecule has 0 bridgehead atoms. The van der Waals surface area contributed by atoms with Crippen LogP contribution in [0.4, 0.5) is 9.18 Å². The second-order valence-electron chi connectivity index (χ2n) is 7.61. The van der Waals surface area contributed by atoms with Crippen molar-refractivity contribution in [3.8, 4) is 23.0 Å². The predicted molar refractivity (Wildman–Crippen MR) is 136 cm³/mol. The van der Waals surface area contributed by atoms with Gasteiger partial charge in [-0.1, -0.05) is 30.3 Å². The fraction of sp³-hybridized carbons (Fsp3) is 0.148. The van der Waals surface area contributed by atoms with Gasteiger partial charge in [0.2, 0.25) is 0 Å². The molecule has 0 radical (unpaired) electrons. The highest BCUT2D eigenvalue weighted by Gasteiger charge is 2.35. The number of benzene rings is 3. The van der Waals surface area contributed by atoms with Crippen LogP contribution in [0.15, 0.2) is 71.6 Å². The van der Waals surface area contributed by atoms with Crippen molar-refractivity contribution in [3.05, 3.63) is 88.6 Å². The maximum atomic E-state index is 13.9. The van der Waals surface area contributed by atoms with Gasteiger partial charge in [-0.2, -0.15) is 0 Å². The number of ether oxygens (including phenoxy) is 4. The maximum absolute atomic E-state index is 13.9. The van der Waals surface area contributed by atoms with Crippen LogP contribution in [0.25, 0.3) is 6.08 Å². The lowest BCUT2D eigenvalue weighted by atomic mass is 10.1. The first-order valence-electron chi connectivity index (χ1n) is 11.1. The van der Waals surface area contributed by atoms with Crippen molar-refractivity contribution in [1.82, 2.24) is 4.90 Å². The minimum Gasteiger partial charge on any atom is -0.493 e. The lowest BCUT2D eigenvalue weighted by Crippen LogP contribution is -2.32. The lowest BCUT2D eigenvalue weighted by molar-refractivity contribution is -0.123. The van der Waals surface area contributed by atoms with Gasteiger partial charge in [-0.05, 0) is 59.8 Å². The van der Waals surface area contributed by atoms with Crippen LogP contribution in [-0.4, -0.2) is 49.4 Å². The molecule has 0 aliphatic carbocycles. The summed E-state index contributed by atoms with van der Waals surface area (Å²) in [5.41, 5.74) is 0.329. The van der Waals surface area contributed by atoms with Gasteiger partial charge < -0.3 is 18.9 Å². The Morgan fingerprint density at radius 2 is 1.62 bits per heavy atom. The van der Waals surface area contributed by atoms with Crippen LogP contribution in [0.3, 0.4) is 0 Å². The molecule has 10 heteroatoms. The molecule has 2 amide bonds. The van der Waals surface area contributed by atoms with Crippen molar-refractivity contribution >= 4 is 35.0 Å². The van der Waals surface area contributed by atoms with E-state index in [-0.39, 0.29) is 35.1 Å². The zero-order valence-corrected chi connectivity index (χ0v) is 20.8. The third kappa shape index (κ3) is 5.92. The first-order chi connectivity index (χ1) is 17.9. The summed E-state index contributed by atoms with van der Waals surface area (Å²) < 4.78 is 35.4. The van der Waals surface area contributed by atoms with Crippen LogP contribution in [0.5, 0.6) is 23.0 Å². The summed E-state index contributed by atoms with van der Waals surface area (Å²) in [4.78, 5) is 39.0. The largest absolute Gasteiger partial charge is 0.493 e. The van der Waals surface area contributed by atoms with Gasteiger partial charge in [0.15, 0.2) is 23.0 Å². The number of nitrogens with zero attached hydrogens (tertiary/aromatic N) is 1. The average molecular weight is 524 g/mol. The summed E-state index contributed by atoms with van der Waals surface area (Å²) in [6.07, 6.45) is 1.54. The maximum Gasteiger partial charge on any atom is 0.346 e. The van der Waals surface area contributed by atoms with E-state index in [1.165, 1.54) is 44.6 Å². The van der Waals surface area contributed by atoms with Gasteiger partial charge in [0.05, 0.1) is 31.2 Å². The minimum absolute atomic E-state index is 0.0638. The van der Waals surface area contributed by atoms with Crippen molar-refractivity contribution in [2.24, 2.45) is 0 Å². The second kappa shape index (κ2) is 11.6. The molecule has 1 saturated heterocycles. The standard InChI is InChI=1S/C27H22FNO7S/c1-33-20-9-5-6-10-21(20)35-14-13-29-25(30)24(37-27(29)32)16-17-11-12-22(23(15-17)34-2)36-26(31)18-7-3-4-8-19(18)28/h3-12,15-16H,13-14H2,1-2H3/b24-16-. The van der Waals surface area contributed by atoms with Crippen LogP contribution in [0.2, 0.25) is 0 Å². The summed E-state index contributed by atoms with van der Waals surface area (Å²) >= 11 is 0.808. The number of carbonyl (C=O) groups excluding carboxylic acids is 3. The Balaban J connectivity index is 1.43. The zero-order chi connectivity index (χ0) is 26.4. The molecule has 1 heterocycles. The molecule has 0 spiro atoms. The van der Waals surface area contributed by atoms with Crippen LogP contribution < -0.4 is 18.9 Å². The Bertz CT molecular complexity index is 1370. The normalized spacial score (nSPS) is 14.1. The van der Waals surface area contributed by atoms with Gasteiger partial charge >= 0.3 is 5.97 Å². The summed E-state index contributed by atoms with van der Waals surface area (Å²) in [6, 6.07) is 17.2. The Morgan fingerprint density at radius 1 is 0.919 bits per heavy atom. The lowest BCUT2D eigenvalue weighted by Gasteiger charge is -2.14. The number of halogens is 1. The monoisotopic (exact) mass is 523 g/mol. The molecule has 1 aliphatic heterocycles. The van der Waals surface area contributed by atoms with E-state index in [2.05, 4.69) is 0 Å². The van der Waals surface area contributed by atoms with Crippen LogP contribution >= 0.6 is 11.8 Å². The smallest absolute Gasteiger partial charge is 0.346 e. The van der Waals surface area contributed by atoms with Gasteiger partial charge in [0.25, 0.3) is 11.1 Å². The summed E-state index contributed by atoms with van der Waals surface area (Å²) in [7, 11) is 2.91. The Kier molecular flexibility index (Phi) is 8.09. The van der Waals surface area contributed by atoms with E-state index >= 15 is 0 Å². The summed E-state index contributed by atoms with van der Waals surface area (Å²) in [6.45, 7) is 0.163. The van der Waals surface area contributed by atoms with E-state index < -0.39 is 22.9 Å². The van der Waals surface area contributed by atoms with Gasteiger partial charge in [0, 0.05) is 0 Å². The first-order valence-corrected chi connectivity index (χ1v) is 11.9. The highest BCUT2D eigenvalue weighted by Crippen LogP contribution is 2.35. The second-order valence-corrected chi connectivity index (χ2v) is 8.61.